The Morgan fingerprint density at radius 2 is 2.05 bits per heavy atom. The summed E-state index contributed by atoms with van der Waals surface area (Å²) in [5.41, 5.74) is -1.23. The van der Waals surface area contributed by atoms with Crippen LogP contribution in [0.1, 0.15) is 29.2 Å². The summed E-state index contributed by atoms with van der Waals surface area (Å²) in [5.74, 6) is -4.23. The van der Waals surface area contributed by atoms with Gasteiger partial charge in [0, 0.05) is 12.2 Å². The number of hydrogen-bond donors (Lipinski definition) is 1. The number of rotatable bonds is 3. The van der Waals surface area contributed by atoms with Gasteiger partial charge in [-0.1, -0.05) is 0 Å². The minimum absolute atomic E-state index is 0. The second-order valence-corrected chi connectivity index (χ2v) is 4.92. The van der Waals surface area contributed by atoms with E-state index in [-0.39, 0.29) is 31.1 Å². The number of carboxylic acids is 1. The van der Waals surface area contributed by atoms with Crippen molar-refractivity contribution in [1.82, 2.24) is 4.57 Å². The molecule has 1 aromatic heterocycles. The molecule has 0 amide bonds. The lowest BCUT2D eigenvalue weighted by Crippen LogP contribution is -2.19. The molecule has 1 aliphatic carbocycles. The molecule has 5 nitrogen and oxygen atoms in total. The summed E-state index contributed by atoms with van der Waals surface area (Å²) in [4.78, 5) is 23.3. The summed E-state index contributed by atoms with van der Waals surface area (Å²) in [7, 11) is 1.17. The van der Waals surface area contributed by atoms with Crippen molar-refractivity contribution in [3.05, 3.63) is 39.7 Å². The molecule has 0 unspecified atom stereocenters. The monoisotopic (exact) mass is 309 g/mol. The molecule has 1 fully saturated rings. The fraction of sp³-hybridized carbons (Fsp3) is 0.286. The van der Waals surface area contributed by atoms with Crippen molar-refractivity contribution in [1.29, 1.82) is 0 Å². The van der Waals surface area contributed by atoms with Gasteiger partial charge in [0.15, 0.2) is 11.6 Å². The van der Waals surface area contributed by atoms with E-state index in [1.54, 1.807) is 0 Å². The molecule has 116 valence electrons. The van der Waals surface area contributed by atoms with Crippen LogP contribution >= 0.6 is 0 Å². The van der Waals surface area contributed by atoms with Crippen LogP contribution in [0.2, 0.25) is 0 Å². The second kappa shape index (κ2) is 5.44. The summed E-state index contributed by atoms with van der Waals surface area (Å²) in [6, 6.07) is 0.686. The van der Waals surface area contributed by atoms with Crippen molar-refractivity contribution in [3.63, 3.8) is 0 Å². The van der Waals surface area contributed by atoms with Gasteiger partial charge in [0.2, 0.25) is 11.2 Å². The topological polar surface area (TPSA) is 68.5 Å². The average Bonchev–Trinajstić information content (AvgIpc) is 3.26. The second-order valence-electron chi connectivity index (χ2n) is 4.92. The molecule has 1 heterocycles. The van der Waals surface area contributed by atoms with Gasteiger partial charge in [-0.3, -0.25) is 4.79 Å². The van der Waals surface area contributed by atoms with E-state index in [0.29, 0.717) is 0 Å². The number of halogens is 2. The van der Waals surface area contributed by atoms with Crippen LogP contribution in [-0.4, -0.2) is 31.2 Å². The van der Waals surface area contributed by atoms with Crippen LogP contribution in [0.15, 0.2) is 17.1 Å². The fourth-order valence-corrected chi connectivity index (χ4v) is 2.41. The number of pyridine rings is 1. The molecule has 3 rings (SSSR count). The third-order valence-corrected chi connectivity index (χ3v) is 3.54. The molecule has 0 radical (unpaired) electrons. The molecule has 0 saturated heterocycles. The van der Waals surface area contributed by atoms with Crippen LogP contribution in [0.25, 0.3) is 10.9 Å². The summed E-state index contributed by atoms with van der Waals surface area (Å²) in [5, 5.41) is 8.89. The van der Waals surface area contributed by atoms with Crippen molar-refractivity contribution in [2.75, 3.05) is 7.11 Å². The quantitative estimate of drug-likeness (QED) is 0.863. The number of ether oxygens (including phenoxy) is 1. The maximum Gasteiger partial charge on any atom is 0.341 e. The largest absolute Gasteiger partial charge is 0.491 e. The molecule has 2 aromatic rings. The number of nitrogens with zero attached hydrogens (tertiary/aromatic N) is 1. The standard InChI is InChI=1S/C14H11F2NO4.BH3/c1-21-13-10(16)9(15)4-7-11(13)17(6-2-3-6)5-8(12(7)18)14(19)20;/h4-6H,2-3H2,1H3,(H,19,20);1H3. The third kappa shape index (κ3) is 2.24. The first-order chi connectivity index (χ1) is 9.95. The van der Waals surface area contributed by atoms with E-state index >= 15 is 0 Å². The van der Waals surface area contributed by atoms with Crippen LogP contribution in [0.5, 0.6) is 5.75 Å². The number of methoxy groups -OCH3 is 1. The van der Waals surface area contributed by atoms with E-state index in [4.69, 9.17) is 9.84 Å². The summed E-state index contributed by atoms with van der Waals surface area (Å²) < 4.78 is 33.8. The van der Waals surface area contributed by atoms with E-state index in [1.807, 2.05) is 0 Å². The number of carbonyl (C=O) groups is 1. The van der Waals surface area contributed by atoms with E-state index in [1.165, 1.54) is 17.9 Å². The average molecular weight is 309 g/mol. The molecule has 1 aliphatic rings. The van der Waals surface area contributed by atoms with Gasteiger partial charge in [-0.05, 0) is 18.9 Å². The molecular weight excluding hydrogens is 295 g/mol. The SMILES string of the molecule is B.COc1c(F)c(F)cc2c(=O)c(C(=O)O)cn(C3CC3)c12. The van der Waals surface area contributed by atoms with Gasteiger partial charge in [-0.15, -0.1) is 0 Å². The molecule has 0 atom stereocenters. The van der Waals surface area contributed by atoms with Crippen LogP contribution in [-0.2, 0) is 0 Å². The lowest BCUT2D eigenvalue weighted by Gasteiger charge is -2.15. The maximum absolute atomic E-state index is 13.9. The Morgan fingerprint density at radius 1 is 1.41 bits per heavy atom. The third-order valence-electron chi connectivity index (χ3n) is 3.54. The molecule has 1 saturated carbocycles. The summed E-state index contributed by atoms with van der Waals surface area (Å²) in [6.45, 7) is 0. The number of fused-ring (bicyclic) bond motifs is 1. The molecule has 1 aromatic carbocycles. The predicted octanol–water partition coefficient (Wildman–Crippen LogP) is 1.14. The Balaban J connectivity index is 0.00000176. The van der Waals surface area contributed by atoms with Crippen molar-refractivity contribution >= 4 is 25.3 Å². The first-order valence-corrected chi connectivity index (χ1v) is 6.29. The molecule has 0 bridgehead atoms. The Hall–Kier alpha value is -2.38. The first-order valence-electron chi connectivity index (χ1n) is 6.29. The normalized spacial score (nSPS) is 13.8. The zero-order valence-electron chi connectivity index (χ0n) is 11.0. The van der Waals surface area contributed by atoms with Gasteiger partial charge in [-0.25, -0.2) is 9.18 Å². The molecular formula is C14H14BF2NO4. The van der Waals surface area contributed by atoms with E-state index < -0.39 is 28.6 Å². The van der Waals surface area contributed by atoms with E-state index in [9.17, 15) is 18.4 Å². The number of aromatic carboxylic acids is 1. The molecule has 1 N–H and O–H groups in total. The lowest BCUT2D eigenvalue weighted by atomic mass is 10.1. The summed E-state index contributed by atoms with van der Waals surface area (Å²) >= 11 is 0. The number of benzene rings is 1. The van der Waals surface area contributed by atoms with Crippen molar-refractivity contribution in [2.45, 2.75) is 18.9 Å². The molecule has 0 aliphatic heterocycles. The smallest absolute Gasteiger partial charge is 0.341 e. The predicted molar refractivity (Wildman–Crippen MR) is 79.8 cm³/mol. The molecule has 0 spiro atoms. The Morgan fingerprint density at radius 3 is 2.55 bits per heavy atom. The van der Waals surface area contributed by atoms with Gasteiger partial charge in [0.25, 0.3) is 0 Å². The Labute approximate surface area is 125 Å². The first kappa shape index (κ1) is 16.0. The number of carboxylic acid groups (broad SMARTS) is 1. The highest BCUT2D eigenvalue weighted by atomic mass is 19.2. The van der Waals surface area contributed by atoms with Gasteiger partial charge < -0.3 is 14.4 Å². The Bertz CT molecular complexity index is 830. The molecule has 8 heteroatoms. The van der Waals surface area contributed by atoms with Crippen LogP contribution in [0, 0.1) is 11.6 Å². The Kier molecular flexibility index (Phi) is 3.95. The zero-order valence-corrected chi connectivity index (χ0v) is 11.0. The van der Waals surface area contributed by atoms with Crippen LogP contribution < -0.4 is 10.2 Å². The van der Waals surface area contributed by atoms with Gasteiger partial charge >= 0.3 is 5.97 Å². The van der Waals surface area contributed by atoms with Crippen molar-refractivity contribution < 1.29 is 23.4 Å². The number of hydrogen-bond acceptors (Lipinski definition) is 3. The highest BCUT2D eigenvalue weighted by molar-refractivity contribution is 5.94. The van der Waals surface area contributed by atoms with Crippen LogP contribution in [0.3, 0.4) is 0 Å². The van der Waals surface area contributed by atoms with Crippen LogP contribution in [0.4, 0.5) is 8.78 Å². The number of aromatic nitrogens is 1. The van der Waals surface area contributed by atoms with Crippen molar-refractivity contribution in [3.8, 4) is 5.75 Å². The minimum Gasteiger partial charge on any atom is -0.491 e. The van der Waals surface area contributed by atoms with Gasteiger partial charge in [-0.2, -0.15) is 4.39 Å². The fourth-order valence-electron chi connectivity index (χ4n) is 2.41. The van der Waals surface area contributed by atoms with Crippen molar-refractivity contribution in [2.24, 2.45) is 0 Å². The highest BCUT2D eigenvalue weighted by Crippen LogP contribution is 2.40. The van der Waals surface area contributed by atoms with Gasteiger partial charge in [0.1, 0.15) is 5.56 Å². The lowest BCUT2D eigenvalue weighted by molar-refractivity contribution is 0.0695. The highest BCUT2D eigenvalue weighted by Gasteiger charge is 2.30. The zero-order chi connectivity index (χ0) is 15.3. The molecule has 22 heavy (non-hydrogen) atoms. The van der Waals surface area contributed by atoms with E-state index in [0.717, 1.165) is 18.9 Å². The minimum atomic E-state index is -1.40. The summed E-state index contributed by atoms with van der Waals surface area (Å²) in [6.07, 6.45) is 2.73. The maximum atomic E-state index is 13.9. The van der Waals surface area contributed by atoms with E-state index in [2.05, 4.69) is 0 Å². The van der Waals surface area contributed by atoms with Gasteiger partial charge in [0.05, 0.1) is 26.4 Å².